The lowest BCUT2D eigenvalue weighted by Crippen LogP contribution is -2.11. The number of methoxy groups -OCH3 is 1. The Morgan fingerprint density at radius 1 is 1.41 bits per heavy atom. The molecular weight excluding hydrogens is 237 g/mol. The van der Waals surface area contributed by atoms with E-state index in [1.165, 1.54) is 0 Å². The number of benzene rings is 1. The Balaban J connectivity index is 2.45. The quantitative estimate of drug-likeness (QED) is 0.571. The minimum Gasteiger partial charge on any atom is -0.385 e. The van der Waals surface area contributed by atoms with E-state index in [-0.39, 0.29) is 5.82 Å². The van der Waals surface area contributed by atoms with Gasteiger partial charge in [0.25, 0.3) is 0 Å². The lowest BCUT2D eigenvalue weighted by atomic mass is 10.2. The van der Waals surface area contributed by atoms with E-state index in [4.69, 9.17) is 4.74 Å². The molecule has 0 saturated carbocycles. The molecule has 0 unspecified atom stereocenters. The SMILES string of the molecule is CCNCc1ccc(SCCCOC)c(F)c1. The van der Waals surface area contributed by atoms with Crippen LogP contribution in [0.25, 0.3) is 0 Å². The topological polar surface area (TPSA) is 21.3 Å². The molecule has 1 aromatic rings. The number of ether oxygens (including phenoxy) is 1. The maximum absolute atomic E-state index is 13.7. The predicted molar refractivity (Wildman–Crippen MR) is 71.0 cm³/mol. The molecule has 0 atom stereocenters. The summed E-state index contributed by atoms with van der Waals surface area (Å²) in [6, 6.07) is 5.45. The third kappa shape index (κ3) is 5.52. The van der Waals surface area contributed by atoms with Crippen molar-refractivity contribution in [3.63, 3.8) is 0 Å². The van der Waals surface area contributed by atoms with E-state index in [0.29, 0.717) is 0 Å². The van der Waals surface area contributed by atoms with Crippen LogP contribution in [0, 0.1) is 5.82 Å². The van der Waals surface area contributed by atoms with Crippen LogP contribution in [-0.2, 0) is 11.3 Å². The Labute approximate surface area is 107 Å². The first-order valence-electron chi connectivity index (χ1n) is 5.88. The standard InChI is InChI=1S/C13H20FNOS/c1-3-15-10-11-5-6-13(12(14)9-11)17-8-4-7-16-2/h5-6,9,15H,3-4,7-8,10H2,1-2H3. The van der Waals surface area contributed by atoms with E-state index in [1.807, 2.05) is 19.1 Å². The molecule has 0 aromatic heterocycles. The van der Waals surface area contributed by atoms with Gasteiger partial charge in [0.2, 0.25) is 0 Å². The van der Waals surface area contributed by atoms with Crippen molar-refractivity contribution in [2.75, 3.05) is 26.0 Å². The molecule has 0 amide bonds. The Kier molecular flexibility index (Phi) is 7.24. The van der Waals surface area contributed by atoms with Gasteiger partial charge in [0.05, 0.1) is 0 Å². The van der Waals surface area contributed by atoms with Crippen LogP contribution in [0.3, 0.4) is 0 Å². The van der Waals surface area contributed by atoms with E-state index in [1.54, 1.807) is 24.9 Å². The van der Waals surface area contributed by atoms with Crippen molar-refractivity contribution < 1.29 is 9.13 Å². The number of hydrogen-bond donors (Lipinski definition) is 1. The molecule has 96 valence electrons. The van der Waals surface area contributed by atoms with Gasteiger partial charge in [0.1, 0.15) is 5.82 Å². The molecule has 0 spiro atoms. The monoisotopic (exact) mass is 257 g/mol. The molecule has 17 heavy (non-hydrogen) atoms. The minimum atomic E-state index is -0.122. The summed E-state index contributed by atoms with van der Waals surface area (Å²) in [5.74, 6) is 0.764. The van der Waals surface area contributed by atoms with Crippen molar-refractivity contribution in [3.8, 4) is 0 Å². The molecule has 0 saturated heterocycles. The van der Waals surface area contributed by atoms with E-state index < -0.39 is 0 Å². The Morgan fingerprint density at radius 3 is 2.88 bits per heavy atom. The van der Waals surface area contributed by atoms with Crippen LogP contribution < -0.4 is 5.32 Å². The summed E-state index contributed by atoms with van der Waals surface area (Å²) < 4.78 is 18.7. The normalized spacial score (nSPS) is 10.8. The summed E-state index contributed by atoms with van der Waals surface area (Å²) in [7, 11) is 1.68. The minimum absolute atomic E-state index is 0.122. The second-order valence-electron chi connectivity index (χ2n) is 3.74. The molecule has 0 bridgehead atoms. The van der Waals surface area contributed by atoms with E-state index in [0.717, 1.165) is 42.3 Å². The van der Waals surface area contributed by atoms with Gasteiger partial charge in [-0.2, -0.15) is 0 Å². The number of thioether (sulfide) groups is 1. The molecule has 1 rings (SSSR count). The van der Waals surface area contributed by atoms with Gasteiger partial charge in [-0.05, 0) is 30.7 Å². The van der Waals surface area contributed by atoms with Crippen LogP contribution in [0.1, 0.15) is 18.9 Å². The van der Waals surface area contributed by atoms with Crippen LogP contribution in [0.4, 0.5) is 4.39 Å². The van der Waals surface area contributed by atoms with Gasteiger partial charge in [-0.15, -0.1) is 11.8 Å². The fraction of sp³-hybridized carbons (Fsp3) is 0.538. The zero-order chi connectivity index (χ0) is 12.5. The molecule has 1 aromatic carbocycles. The van der Waals surface area contributed by atoms with Gasteiger partial charge < -0.3 is 10.1 Å². The summed E-state index contributed by atoms with van der Waals surface area (Å²) in [6.45, 7) is 4.39. The average molecular weight is 257 g/mol. The fourth-order valence-corrected chi connectivity index (χ4v) is 2.27. The Hall–Kier alpha value is -0.580. The fourth-order valence-electron chi connectivity index (χ4n) is 1.43. The van der Waals surface area contributed by atoms with Crippen LogP contribution >= 0.6 is 11.8 Å². The highest BCUT2D eigenvalue weighted by atomic mass is 32.2. The zero-order valence-electron chi connectivity index (χ0n) is 10.5. The number of nitrogens with one attached hydrogen (secondary N) is 1. The first kappa shape index (κ1) is 14.5. The van der Waals surface area contributed by atoms with Gasteiger partial charge in [-0.25, -0.2) is 4.39 Å². The van der Waals surface area contributed by atoms with Crippen LogP contribution in [-0.4, -0.2) is 26.0 Å². The number of halogens is 1. The molecule has 1 N–H and O–H groups in total. The lowest BCUT2D eigenvalue weighted by molar-refractivity contribution is 0.200. The third-order valence-corrected chi connectivity index (χ3v) is 3.46. The molecular formula is C13H20FNOS. The maximum Gasteiger partial charge on any atom is 0.137 e. The van der Waals surface area contributed by atoms with Crippen molar-refractivity contribution in [1.82, 2.24) is 5.32 Å². The second kappa shape index (κ2) is 8.50. The van der Waals surface area contributed by atoms with Gasteiger partial charge in [0.15, 0.2) is 0 Å². The summed E-state index contributed by atoms with van der Waals surface area (Å²) in [6.07, 6.45) is 0.944. The molecule has 2 nitrogen and oxygen atoms in total. The summed E-state index contributed by atoms with van der Waals surface area (Å²) in [5, 5.41) is 3.18. The molecule has 0 aliphatic heterocycles. The van der Waals surface area contributed by atoms with Crippen molar-refractivity contribution in [3.05, 3.63) is 29.6 Å². The average Bonchev–Trinajstić information content (AvgIpc) is 2.34. The van der Waals surface area contributed by atoms with Crippen LogP contribution in [0.5, 0.6) is 0 Å². The largest absolute Gasteiger partial charge is 0.385 e. The third-order valence-electron chi connectivity index (χ3n) is 2.33. The highest BCUT2D eigenvalue weighted by molar-refractivity contribution is 7.99. The van der Waals surface area contributed by atoms with Crippen molar-refractivity contribution >= 4 is 11.8 Å². The summed E-state index contributed by atoms with van der Waals surface area (Å²) >= 11 is 1.54. The Morgan fingerprint density at radius 2 is 2.24 bits per heavy atom. The summed E-state index contributed by atoms with van der Waals surface area (Å²) in [4.78, 5) is 0.723. The van der Waals surface area contributed by atoms with E-state index in [2.05, 4.69) is 5.32 Å². The molecule has 0 aliphatic rings. The molecule has 0 radical (unpaired) electrons. The van der Waals surface area contributed by atoms with Gasteiger partial charge >= 0.3 is 0 Å². The highest BCUT2D eigenvalue weighted by Crippen LogP contribution is 2.23. The molecule has 0 aliphatic carbocycles. The van der Waals surface area contributed by atoms with Gasteiger partial charge in [-0.1, -0.05) is 13.0 Å². The van der Waals surface area contributed by atoms with Gasteiger partial charge in [-0.3, -0.25) is 0 Å². The summed E-state index contributed by atoms with van der Waals surface area (Å²) in [5.41, 5.74) is 0.991. The second-order valence-corrected chi connectivity index (χ2v) is 4.88. The van der Waals surface area contributed by atoms with Crippen molar-refractivity contribution in [2.24, 2.45) is 0 Å². The Bertz CT molecular complexity index is 333. The van der Waals surface area contributed by atoms with E-state index >= 15 is 0 Å². The first-order chi connectivity index (χ1) is 8.27. The van der Waals surface area contributed by atoms with Crippen LogP contribution in [0.15, 0.2) is 23.1 Å². The van der Waals surface area contributed by atoms with Crippen molar-refractivity contribution in [1.29, 1.82) is 0 Å². The lowest BCUT2D eigenvalue weighted by Gasteiger charge is -2.06. The predicted octanol–water partition coefficient (Wildman–Crippen LogP) is 3.06. The van der Waals surface area contributed by atoms with Crippen molar-refractivity contribution in [2.45, 2.75) is 24.8 Å². The zero-order valence-corrected chi connectivity index (χ0v) is 11.3. The maximum atomic E-state index is 13.7. The van der Waals surface area contributed by atoms with Gasteiger partial charge in [0, 0.05) is 30.9 Å². The highest BCUT2D eigenvalue weighted by Gasteiger charge is 2.03. The first-order valence-corrected chi connectivity index (χ1v) is 6.87. The smallest absolute Gasteiger partial charge is 0.137 e. The van der Waals surface area contributed by atoms with Crippen LogP contribution in [0.2, 0.25) is 0 Å². The van der Waals surface area contributed by atoms with E-state index in [9.17, 15) is 4.39 Å². The number of hydrogen-bond acceptors (Lipinski definition) is 3. The molecule has 0 fully saturated rings. The molecule has 0 heterocycles. The number of rotatable bonds is 8. The molecule has 4 heteroatoms.